The molecule has 0 aromatic heterocycles. The average Bonchev–Trinajstić information content (AvgIpc) is 3.11. The Bertz CT molecular complexity index is 2140. The number of hydrogen-bond acceptors (Lipinski definition) is 2. The number of ether oxygens (including phenoxy) is 2. The van der Waals surface area contributed by atoms with Gasteiger partial charge in [0.15, 0.2) is 0 Å². The van der Waals surface area contributed by atoms with Crippen molar-refractivity contribution in [2.75, 3.05) is 0 Å². The normalized spacial score (nSPS) is 19.8. The van der Waals surface area contributed by atoms with Crippen LogP contribution in [0.5, 0.6) is 11.5 Å². The van der Waals surface area contributed by atoms with Gasteiger partial charge in [0.25, 0.3) is 5.79 Å². The Morgan fingerprint density at radius 1 is 0.429 bits per heavy atom. The molecule has 284 valence electrons. The summed E-state index contributed by atoms with van der Waals surface area (Å²) >= 11 is 0. The number of aryl methyl sites for hydroxylation is 8. The predicted molar refractivity (Wildman–Crippen MR) is 240 cm³/mol. The van der Waals surface area contributed by atoms with Gasteiger partial charge in [-0.15, -0.1) is 0 Å². The van der Waals surface area contributed by atoms with Crippen LogP contribution >= 0.6 is 15.8 Å². The molecule has 0 unspecified atom stereocenters. The topological polar surface area (TPSA) is 18.5 Å². The Morgan fingerprint density at radius 3 is 1.04 bits per heavy atom. The Kier molecular flexibility index (Phi) is 9.75. The van der Waals surface area contributed by atoms with E-state index in [0.717, 1.165) is 37.2 Å². The summed E-state index contributed by atoms with van der Waals surface area (Å²) in [6.45, 7) is 17.8. The number of para-hydroxylation sites is 2. The number of fused-ring (bicyclic) bond motifs is 2. The zero-order chi connectivity index (χ0) is 38.9. The van der Waals surface area contributed by atoms with Crippen LogP contribution in [0, 0.1) is 67.2 Å². The molecule has 0 saturated heterocycles. The third-order valence-electron chi connectivity index (χ3n) is 12.2. The van der Waals surface area contributed by atoms with Crippen molar-refractivity contribution in [1.29, 1.82) is 0 Å². The van der Waals surface area contributed by atoms with Crippen LogP contribution in [0.15, 0.2) is 109 Å². The van der Waals surface area contributed by atoms with Crippen molar-refractivity contribution in [2.45, 2.75) is 93.3 Å². The SMILES string of the molecule is Cc1cc(C)cc(P(c2cc(C)cc(C)c2)c2cccc3c2OC24Oc5c(cccc5P(c5cc(C)cc(C)c5)c5cc(C)cc(C)c5)C[C@H]2CCC[C@@H]4C3)c1. The lowest BCUT2D eigenvalue weighted by Gasteiger charge is -2.54. The zero-order valence-corrected chi connectivity index (χ0v) is 36.1. The molecule has 1 fully saturated rings. The molecular formula is C52H54O2P2. The first kappa shape index (κ1) is 37.4. The van der Waals surface area contributed by atoms with Crippen LogP contribution in [0.25, 0.3) is 0 Å². The molecule has 6 aromatic carbocycles. The van der Waals surface area contributed by atoms with Gasteiger partial charge < -0.3 is 9.47 Å². The van der Waals surface area contributed by atoms with Gasteiger partial charge >= 0.3 is 0 Å². The van der Waals surface area contributed by atoms with Crippen LogP contribution < -0.4 is 41.3 Å². The van der Waals surface area contributed by atoms with E-state index in [2.05, 4.69) is 165 Å². The summed E-state index contributed by atoms with van der Waals surface area (Å²) in [5, 5.41) is 8.13. The smallest absolute Gasteiger partial charge is 0.257 e. The summed E-state index contributed by atoms with van der Waals surface area (Å²) < 4.78 is 15.6. The van der Waals surface area contributed by atoms with E-state index in [9.17, 15) is 0 Å². The Morgan fingerprint density at radius 2 is 0.732 bits per heavy atom. The van der Waals surface area contributed by atoms with Gasteiger partial charge in [-0.3, -0.25) is 0 Å². The minimum atomic E-state index is -0.898. The molecule has 0 amide bonds. The molecule has 1 aliphatic carbocycles. The minimum absolute atomic E-state index is 0.285. The molecule has 6 aromatic rings. The molecule has 1 saturated carbocycles. The van der Waals surface area contributed by atoms with E-state index in [1.54, 1.807) is 0 Å². The lowest BCUT2D eigenvalue weighted by Crippen LogP contribution is -2.62. The fraction of sp³-hybridized carbons (Fsp3) is 0.308. The van der Waals surface area contributed by atoms with Gasteiger partial charge in [-0.05, 0) is 129 Å². The fourth-order valence-electron chi connectivity index (χ4n) is 10.3. The van der Waals surface area contributed by atoms with E-state index >= 15 is 0 Å². The van der Waals surface area contributed by atoms with Gasteiger partial charge in [-0.1, -0.05) is 160 Å². The molecule has 2 atom stereocenters. The molecule has 0 bridgehead atoms. The van der Waals surface area contributed by atoms with Crippen molar-refractivity contribution in [3.05, 3.63) is 165 Å². The maximum Gasteiger partial charge on any atom is 0.257 e. The van der Waals surface area contributed by atoms with Crippen LogP contribution in [-0.4, -0.2) is 5.79 Å². The third kappa shape index (κ3) is 6.82. The molecule has 3 aliphatic rings. The molecular weight excluding hydrogens is 719 g/mol. The van der Waals surface area contributed by atoms with Crippen LogP contribution in [-0.2, 0) is 12.8 Å². The highest BCUT2D eigenvalue weighted by Gasteiger charge is 2.57. The fourth-order valence-corrected chi connectivity index (χ4v) is 15.9. The first-order chi connectivity index (χ1) is 26.9. The minimum Gasteiger partial charge on any atom is -0.451 e. The Hall–Kier alpha value is -4.22. The molecule has 4 heteroatoms. The highest BCUT2D eigenvalue weighted by Crippen LogP contribution is 2.55. The van der Waals surface area contributed by atoms with Crippen LogP contribution in [0.4, 0.5) is 0 Å². The van der Waals surface area contributed by atoms with Gasteiger partial charge in [0.05, 0.1) is 0 Å². The first-order valence-corrected chi connectivity index (χ1v) is 23.2. The summed E-state index contributed by atoms with van der Waals surface area (Å²) in [6, 6.07) is 42.4. The number of benzene rings is 6. The van der Waals surface area contributed by atoms with E-state index in [4.69, 9.17) is 9.47 Å². The summed E-state index contributed by atoms with van der Waals surface area (Å²) in [4.78, 5) is 0. The van der Waals surface area contributed by atoms with E-state index < -0.39 is 21.6 Å². The Labute approximate surface area is 337 Å². The second-order valence-corrected chi connectivity index (χ2v) is 21.6. The molecule has 0 radical (unpaired) electrons. The highest BCUT2D eigenvalue weighted by molar-refractivity contribution is 7.80. The maximum absolute atomic E-state index is 7.78. The van der Waals surface area contributed by atoms with Crippen molar-refractivity contribution >= 4 is 47.7 Å². The van der Waals surface area contributed by atoms with Gasteiger partial charge in [0.1, 0.15) is 11.5 Å². The third-order valence-corrected chi connectivity index (χ3v) is 17.0. The lowest BCUT2D eigenvalue weighted by atomic mass is 9.68. The second kappa shape index (κ2) is 14.6. The number of rotatable bonds is 6. The summed E-state index contributed by atoms with van der Waals surface area (Å²) in [7, 11) is -1.80. The molecule has 56 heavy (non-hydrogen) atoms. The summed E-state index contributed by atoms with van der Waals surface area (Å²) in [6.07, 6.45) is 5.39. The molecule has 1 spiro atoms. The molecule has 2 heterocycles. The van der Waals surface area contributed by atoms with Gasteiger partial charge in [-0.25, -0.2) is 0 Å². The molecule has 2 aliphatic heterocycles. The Balaban J connectivity index is 1.22. The standard InChI is InChI=1S/C52H54O2P2/c1-32-18-33(2)23-44(22-32)55(45-24-34(3)19-35(4)25-45)48-16-9-12-40-30-42-14-11-15-43-31-41-13-10-17-49(51(41)54-52(42,43)53-50(40)48)56(46-26-36(5)20-37(6)27-46)47-28-38(7)21-39(8)29-47/h9-10,12-13,16-29,42-43H,11,14-15,30-31H2,1-8H3/t42-,43-,52?/m1/s1. The van der Waals surface area contributed by atoms with Gasteiger partial charge in [0, 0.05) is 22.4 Å². The zero-order valence-electron chi connectivity index (χ0n) is 34.3. The first-order valence-electron chi connectivity index (χ1n) is 20.5. The maximum atomic E-state index is 7.78. The van der Waals surface area contributed by atoms with Crippen LogP contribution in [0.3, 0.4) is 0 Å². The van der Waals surface area contributed by atoms with Crippen molar-refractivity contribution in [1.82, 2.24) is 0 Å². The molecule has 9 rings (SSSR count). The predicted octanol–water partition coefficient (Wildman–Crippen LogP) is 10.4. The monoisotopic (exact) mass is 772 g/mol. The van der Waals surface area contributed by atoms with E-state index in [1.807, 2.05) is 0 Å². The van der Waals surface area contributed by atoms with Crippen LogP contribution in [0.1, 0.15) is 74.9 Å². The molecule has 2 nitrogen and oxygen atoms in total. The quantitative estimate of drug-likeness (QED) is 0.157. The second-order valence-electron chi connectivity index (χ2n) is 17.2. The van der Waals surface area contributed by atoms with Crippen molar-refractivity contribution in [3.8, 4) is 11.5 Å². The average molecular weight is 773 g/mol. The number of hydrogen-bond donors (Lipinski definition) is 0. The highest BCUT2D eigenvalue weighted by atomic mass is 31.1. The van der Waals surface area contributed by atoms with E-state index in [1.165, 1.54) is 93.9 Å². The van der Waals surface area contributed by atoms with Gasteiger partial charge in [0.2, 0.25) is 0 Å². The van der Waals surface area contributed by atoms with Gasteiger partial charge in [-0.2, -0.15) is 0 Å². The summed E-state index contributed by atoms with van der Waals surface area (Å²) in [5.74, 6) is 1.97. The van der Waals surface area contributed by atoms with E-state index in [0.29, 0.717) is 0 Å². The summed E-state index contributed by atoms with van der Waals surface area (Å²) in [5.41, 5.74) is 13.1. The van der Waals surface area contributed by atoms with Crippen molar-refractivity contribution < 1.29 is 9.47 Å². The van der Waals surface area contributed by atoms with Crippen LogP contribution in [0.2, 0.25) is 0 Å². The molecule has 0 N–H and O–H groups in total. The van der Waals surface area contributed by atoms with E-state index in [-0.39, 0.29) is 11.8 Å². The largest absolute Gasteiger partial charge is 0.451 e. The van der Waals surface area contributed by atoms with Crippen molar-refractivity contribution in [2.24, 2.45) is 11.8 Å². The van der Waals surface area contributed by atoms with Crippen molar-refractivity contribution in [3.63, 3.8) is 0 Å². The lowest BCUT2D eigenvalue weighted by molar-refractivity contribution is -0.225.